The number of methoxy groups -OCH3 is 1. The van der Waals surface area contributed by atoms with Crippen LogP contribution in [-0.4, -0.2) is 62.2 Å². The summed E-state index contributed by atoms with van der Waals surface area (Å²) in [5, 5.41) is 29.1. The van der Waals surface area contributed by atoms with Crippen LogP contribution in [0.25, 0.3) is 0 Å². The van der Waals surface area contributed by atoms with Gasteiger partial charge in [-0.1, -0.05) is 0 Å². The van der Waals surface area contributed by atoms with Crippen LogP contribution in [0.1, 0.15) is 15.2 Å². The number of ether oxygens (including phenoxy) is 1. The summed E-state index contributed by atoms with van der Waals surface area (Å²) in [6.07, 6.45) is 0. The summed E-state index contributed by atoms with van der Waals surface area (Å²) < 4.78 is 31.4. The zero-order valence-electron chi connectivity index (χ0n) is 11.5. The molecule has 0 radical (unpaired) electrons. The summed E-state index contributed by atoms with van der Waals surface area (Å²) in [6.45, 7) is -0.933. The Kier molecular flexibility index (Phi) is 5.84. The van der Waals surface area contributed by atoms with Crippen molar-refractivity contribution in [2.45, 2.75) is 17.4 Å². The number of thiophene rings is 1. The van der Waals surface area contributed by atoms with Crippen molar-refractivity contribution < 1.29 is 33.3 Å². The number of hydrogen-bond donors (Lipinski definition) is 4. The van der Waals surface area contributed by atoms with Crippen molar-refractivity contribution in [1.82, 2.24) is 4.72 Å². The summed E-state index contributed by atoms with van der Waals surface area (Å²) in [4.78, 5) is 11.2. The van der Waals surface area contributed by atoms with Crippen LogP contribution in [0.3, 0.4) is 0 Å². The van der Waals surface area contributed by atoms with Crippen LogP contribution in [0.15, 0.2) is 10.3 Å². The van der Waals surface area contributed by atoms with Gasteiger partial charge in [0, 0.05) is 0 Å². The second kappa shape index (κ2) is 6.81. The number of esters is 1. The summed E-state index contributed by atoms with van der Waals surface area (Å²) in [7, 11) is -3.12. The second-order valence-corrected chi connectivity index (χ2v) is 6.93. The Morgan fingerprint density at radius 2 is 1.86 bits per heavy atom. The molecule has 21 heavy (non-hydrogen) atoms. The maximum Gasteiger partial charge on any atom is 0.349 e. The van der Waals surface area contributed by atoms with E-state index in [9.17, 15) is 28.5 Å². The molecule has 0 aromatic carbocycles. The number of aliphatic hydroxyl groups is 3. The predicted molar refractivity (Wildman–Crippen MR) is 74.7 cm³/mol. The quantitative estimate of drug-likeness (QED) is 0.460. The first kappa shape index (κ1) is 18.0. The minimum Gasteiger partial charge on any atom is -0.465 e. The van der Waals surface area contributed by atoms with Gasteiger partial charge in [-0.2, -0.15) is 4.72 Å². The normalized spacial score (nSPS) is 12.4. The van der Waals surface area contributed by atoms with E-state index in [0.717, 1.165) is 18.4 Å². The van der Waals surface area contributed by atoms with Crippen LogP contribution < -0.4 is 4.72 Å². The van der Waals surface area contributed by atoms with E-state index < -0.39 is 41.4 Å². The number of sulfonamides is 1. The molecule has 1 aromatic heterocycles. The van der Waals surface area contributed by atoms with Crippen molar-refractivity contribution in [3.8, 4) is 0 Å². The Morgan fingerprint density at radius 3 is 2.29 bits per heavy atom. The van der Waals surface area contributed by atoms with E-state index in [0.29, 0.717) is 5.56 Å². The van der Waals surface area contributed by atoms with Crippen LogP contribution in [0.2, 0.25) is 0 Å². The predicted octanol–water partition coefficient (Wildman–Crippen LogP) is -1.16. The van der Waals surface area contributed by atoms with Gasteiger partial charge >= 0.3 is 5.97 Å². The van der Waals surface area contributed by atoms with Crippen molar-refractivity contribution in [2.24, 2.45) is 0 Å². The Hall–Kier alpha value is -1.04. The van der Waals surface area contributed by atoms with Gasteiger partial charge < -0.3 is 20.1 Å². The fourth-order valence-electron chi connectivity index (χ4n) is 1.58. The van der Waals surface area contributed by atoms with Gasteiger partial charge in [0.1, 0.15) is 15.3 Å². The Balaban J connectivity index is 3.32. The van der Waals surface area contributed by atoms with E-state index in [-0.39, 0.29) is 9.77 Å². The fraction of sp³-hybridized carbons (Fsp3) is 0.545. The molecule has 0 bridgehead atoms. The number of nitrogens with one attached hydrogen (secondary N) is 1. The molecule has 1 rings (SSSR count). The van der Waals surface area contributed by atoms with Crippen molar-refractivity contribution in [2.75, 3.05) is 26.9 Å². The zero-order valence-corrected chi connectivity index (χ0v) is 13.1. The number of carbonyl (C=O) groups excluding carboxylic acids is 1. The van der Waals surface area contributed by atoms with E-state index in [1.807, 2.05) is 4.72 Å². The van der Waals surface area contributed by atoms with E-state index in [2.05, 4.69) is 4.74 Å². The minimum atomic E-state index is -4.25. The molecule has 1 heterocycles. The molecule has 0 spiro atoms. The number of hydrogen-bond acceptors (Lipinski definition) is 8. The molecule has 10 heteroatoms. The lowest BCUT2D eigenvalue weighted by atomic mass is 10.1. The average Bonchev–Trinajstić information content (AvgIpc) is 2.86. The third-order valence-corrected chi connectivity index (χ3v) is 5.79. The van der Waals surface area contributed by atoms with Crippen molar-refractivity contribution in [3.05, 3.63) is 15.8 Å². The Labute approximate surface area is 126 Å². The van der Waals surface area contributed by atoms with Crippen molar-refractivity contribution in [1.29, 1.82) is 0 Å². The van der Waals surface area contributed by atoms with Gasteiger partial charge in [-0.05, 0) is 17.9 Å². The summed E-state index contributed by atoms with van der Waals surface area (Å²) in [5.74, 6) is -0.809. The maximum absolute atomic E-state index is 12.4. The fourth-order valence-corrected chi connectivity index (χ4v) is 4.67. The molecule has 0 saturated heterocycles. The molecule has 120 valence electrons. The van der Waals surface area contributed by atoms with Crippen LogP contribution in [0.4, 0.5) is 0 Å². The Bertz CT molecular complexity index is 596. The molecular formula is C11H17NO7S2. The molecule has 0 amide bonds. The first-order valence-corrected chi connectivity index (χ1v) is 8.16. The Morgan fingerprint density at radius 1 is 1.33 bits per heavy atom. The smallest absolute Gasteiger partial charge is 0.349 e. The van der Waals surface area contributed by atoms with Crippen LogP contribution >= 0.6 is 11.3 Å². The molecule has 0 fully saturated rings. The van der Waals surface area contributed by atoms with E-state index in [1.54, 1.807) is 0 Å². The van der Waals surface area contributed by atoms with Gasteiger partial charge in [-0.25, -0.2) is 13.2 Å². The zero-order chi connectivity index (χ0) is 16.3. The molecule has 0 unspecified atom stereocenters. The molecule has 8 nitrogen and oxygen atoms in total. The molecule has 0 aliphatic rings. The lowest BCUT2D eigenvalue weighted by Gasteiger charge is -2.28. The lowest BCUT2D eigenvalue weighted by Crippen LogP contribution is -2.57. The number of rotatable bonds is 7. The highest BCUT2D eigenvalue weighted by Crippen LogP contribution is 2.28. The van der Waals surface area contributed by atoms with Crippen LogP contribution in [-0.2, 0) is 14.8 Å². The topological polar surface area (TPSA) is 133 Å². The molecule has 0 atom stereocenters. The van der Waals surface area contributed by atoms with Gasteiger partial charge in [-0.15, -0.1) is 11.3 Å². The summed E-state index contributed by atoms with van der Waals surface area (Å²) in [6, 6.07) is 0. The average molecular weight is 339 g/mol. The van der Waals surface area contributed by atoms with Crippen LogP contribution in [0, 0.1) is 6.92 Å². The highest BCUT2D eigenvalue weighted by atomic mass is 32.2. The maximum atomic E-state index is 12.4. The van der Waals surface area contributed by atoms with Gasteiger partial charge in [0.15, 0.2) is 0 Å². The van der Waals surface area contributed by atoms with E-state index >= 15 is 0 Å². The van der Waals surface area contributed by atoms with Crippen LogP contribution in [0.5, 0.6) is 0 Å². The SMILES string of the molecule is COC(=O)c1scc(C)c1S(=O)(=O)NC(CO)(CO)CO. The largest absolute Gasteiger partial charge is 0.465 e. The van der Waals surface area contributed by atoms with Gasteiger partial charge in [0.05, 0.1) is 26.9 Å². The molecular weight excluding hydrogens is 322 g/mol. The first-order chi connectivity index (χ1) is 9.76. The number of aryl methyl sites for hydroxylation is 1. The molecule has 0 saturated carbocycles. The van der Waals surface area contributed by atoms with E-state index in [1.165, 1.54) is 12.3 Å². The lowest BCUT2D eigenvalue weighted by molar-refractivity contribution is 0.0580. The molecule has 0 aliphatic carbocycles. The second-order valence-electron chi connectivity index (χ2n) is 4.43. The minimum absolute atomic E-state index is 0.120. The molecule has 4 N–H and O–H groups in total. The third kappa shape index (κ3) is 3.59. The highest BCUT2D eigenvalue weighted by molar-refractivity contribution is 7.89. The van der Waals surface area contributed by atoms with Crippen molar-refractivity contribution in [3.63, 3.8) is 0 Å². The monoisotopic (exact) mass is 339 g/mol. The van der Waals surface area contributed by atoms with Gasteiger partial charge in [0.25, 0.3) is 0 Å². The summed E-state index contributed by atoms with van der Waals surface area (Å²) in [5.41, 5.74) is -1.50. The number of carbonyl (C=O) groups is 1. The highest BCUT2D eigenvalue weighted by Gasteiger charge is 2.37. The van der Waals surface area contributed by atoms with Gasteiger partial charge in [0.2, 0.25) is 10.0 Å². The standard InChI is InChI=1S/C11H17NO7S2/c1-7-3-20-8(10(16)19-2)9(7)21(17,18)12-11(4-13,5-14)6-15/h3,12-15H,4-6H2,1-2H3. The first-order valence-electron chi connectivity index (χ1n) is 5.80. The van der Waals surface area contributed by atoms with E-state index in [4.69, 9.17) is 0 Å². The molecule has 0 aliphatic heterocycles. The summed E-state index contributed by atoms with van der Waals surface area (Å²) >= 11 is 0.903. The van der Waals surface area contributed by atoms with Crippen molar-refractivity contribution >= 4 is 27.3 Å². The third-order valence-electron chi connectivity index (χ3n) is 2.82. The molecule has 1 aromatic rings. The van der Waals surface area contributed by atoms with Gasteiger partial charge in [-0.3, -0.25) is 0 Å². The number of aliphatic hydroxyl groups excluding tert-OH is 3.